The van der Waals surface area contributed by atoms with Crippen molar-refractivity contribution in [2.24, 2.45) is 15.8 Å². The van der Waals surface area contributed by atoms with Crippen LogP contribution in [-0.2, 0) is 4.74 Å². The van der Waals surface area contributed by atoms with E-state index in [9.17, 15) is 0 Å². The quantitative estimate of drug-likeness (QED) is 0.535. The van der Waals surface area contributed by atoms with Crippen molar-refractivity contribution in [3.05, 3.63) is 82.3 Å². The van der Waals surface area contributed by atoms with E-state index in [0.29, 0.717) is 10.9 Å². The number of hydrogen-bond donors (Lipinski definition) is 2. The maximum atomic E-state index is 6.53. The van der Waals surface area contributed by atoms with Gasteiger partial charge >= 0.3 is 0 Å². The van der Waals surface area contributed by atoms with Gasteiger partial charge in [0.1, 0.15) is 12.4 Å². The number of benzene rings is 1. The first kappa shape index (κ1) is 25.0. The second-order valence-electron chi connectivity index (χ2n) is 9.76. The van der Waals surface area contributed by atoms with Gasteiger partial charge in [-0.25, -0.2) is 10.8 Å². The highest BCUT2D eigenvalue weighted by atomic mass is 35.5. The Morgan fingerprint density at radius 3 is 2.83 bits per heavy atom. The van der Waals surface area contributed by atoms with E-state index in [1.807, 2.05) is 37.4 Å². The highest BCUT2D eigenvalue weighted by Crippen LogP contribution is 2.38. The fourth-order valence-electron chi connectivity index (χ4n) is 5.18. The van der Waals surface area contributed by atoms with E-state index in [1.165, 1.54) is 32.4 Å². The van der Waals surface area contributed by atoms with Crippen LogP contribution in [0.3, 0.4) is 0 Å². The molecular formula is C28H35ClN6O. The molecule has 1 saturated heterocycles. The van der Waals surface area contributed by atoms with Gasteiger partial charge in [0.2, 0.25) is 0 Å². The van der Waals surface area contributed by atoms with E-state index in [2.05, 4.69) is 40.0 Å². The van der Waals surface area contributed by atoms with Crippen LogP contribution in [0.4, 0.5) is 0 Å². The third kappa shape index (κ3) is 5.49. The molecule has 8 heteroatoms. The second-order valence-corrected chi connectivity index (χ2v) is 10.2. The largest absolute Gasteiger partial charge is 0.493 e. The van der Waals surface area contributed by atoms with Crippen LogP contribution < -0.4 is 11.2 Å². The molecule has 0 spiro atoms. The van der Waals surface area contributed by atoms with Gasteiger partial charge in [-0.05, 0) is 68.6 Å². The monoisotopic (exact) mass is 506 g/mol. The number of aryl methyl sites for hydroxylation is 1. The fourth-order valence-corrected chi connectivity index (χ4v) is 5.52. The molecule has 0 amide bonds. The number of nitrogens with zero attached hydrogens (tertiary/aromatic N) is 4. The molecule has 36 heavy (non-hydrogen) atoms. The van der Waals surface area contributed by atoms with Gasteiger partial charge in [-0.2, -0.15) is 0 Å². The predicted molar refractivity (Wildman–Crippen MR) is 147 cm³/mol. The Hall–Kier alpha value is -2.71. The molecule has 1 aromatic rings. The Kier molecular flexibility index (Phi) is 7.72. The fraction of sp³-hybridized carbons (Fsp3) is 0.429. The first-order valence-electron chi connectivity index (χ1n) is 12.8. The molecule has 3 unspecified atom stereocenters. The lowest BCUT2D eigenvalue weighted by molar-refractivity contribution is 0.147. The van der Waals surface area contributed by atoms with Crippen molar-refractivity contribution in [3.63, 3.8) is 0 Å². The van der Waals surface area contributed by atoms with Gasteiger partial charge in [-0.3, -0.25) is 20.2 Å². The molecule has 1 fully saturated rings. The van der Waals surface area contributed by atoms with Crippen LogP contribution >= 0.6 is 11.6 Å². The molecule has 190 valence electrons. The molecular weight excluding hydrogens is 472 g/mol. The van der Waals surface area contributed by atoms with Crippen LogP contribution in [0.5, 0.6) is 0 Å². The average molecular weight is 507 g/mol. The summed E-state index contributed by atoms with van der Waals surface area (Å²) in [6.45, 7) is 10.4. The van der Waals surface area contributed by atoms with Crippen LogP contribution in [0.25, 0.3) is 0 Å². The first-order chi connectivity index (χ1) is 17.5. The number of piperidine rings is 1. The maximum Gasteiger partial charge on any atom is 0.196 e. The summed E-state index contributed by atoms with van der Waals surface area (Å²) in [6, 6.07) is 6.01. The van der Waals surface area contributed by atoms with Gasteiger partial charge in [0.05, 0.1) is 0 Å². The number of ether oxygens (including phenoxy) is 1. The third-order valence-corrected chi connectivity index (χ3v) is 7.57. The topological polar surface area (TPSA) is 78.5 Å². The Morgan fingerprint density at radius 2 is 2.08 bits per heavy atom. The third-order valence-electron chi connectivity index (χ3n) is 7.24. The van der Waals surface area contributed by atoms with E-state index in [4.69, 9.17) is 27.2 Å². The molecule has 3 N–H and O–H groups in total. The van der Waals surface area contributed by atoms with Crippen LogP contribution in [0.1, 0.15) is 42.7 Å². The summed E-state index contributed by atoms with van der Waals surface area (Å²) < 4.78 is 5.98. The number of nitrogens with one attached hydrogen (secondary N) is 1. The first-order valence-corrected chi connectivity index (χ1v) is 13.2. The lowest BCUT2D eigenvalue weighted by Crippen LogP contribution is -2.46. The van der Waals surface area contributed by atoms with E-state index in [-0.39, 0.29) is 12.0 Å². The van der Waals surface area contributed by atoms with Crippen LogP contribution in [0.2, 0.25) is 5.02 Å². The van der Waals surface area contributed by atoms with Crippen molar-refractivity contribution in [1.82, 2.24) is 15.2 Å². The lowest BCUT2D eigenvalue weighted by Gasteiger charge is -2.35. The molecule has 0 saturated carbocycles. The van der Waals surface area contributed by atoms with Gasteiger partial charge in [0, 0.05) is 41.0 Å². The SMILES string of the molecule is C=C1C(c2c(C)cccc2Cl)C=C2C=NC(NC3C=CC(OCCN4CCCCC4)=CC3)N=C2N1N. The molecule has 0 aromatic heterocycles. The van der Waals surface area contributed by atoms with E-state index >= 15 is 0 Å². The number of hydrogen-bond acceptors (Lipinski definition) is 7. The normalized spacial score (nSPS) is 26.3. The van der Waals surface area contributed by atoms with Crippen LogP contribution in [0, 0.1) is 6.92 Å². The number of fused-ring (bicyclic) bond motifs is 1. The van der Waals surface area contributed by atoms with Crippen molar-refractivity contribution < 1.29 is 4.74 Å². The number of aliphatic imine (C=N–C) groups is 2. The number of halogens is 1. The highest BCUT2D eigenvalue weighted by Gasteiger charge is 2.32. The van der Waals surface area contributed by atoms with Crippen molar-refractivity contribution >= 4 is 23.7 Å². The molecule has 1 aromatic carbocycles. The number of likely N-dealkylation sites (tertiary alicyclic amines) is 1. The number of hydrazine groups is 1. The number of nitrogens with two attached hydrogens (primary N) is 1. The summed E-state index contributed by atoms with van der Waals surface area (Å²) in [5.41, 5.74) is 3.71. The second kappa shape index (κ2) is 11.1. The summed E-state index contributed by atoms with van der Waals surface area (Å²) in [6.07, 6.45) is 14.6. The minimum Gasteiger partial charge on any atom is -0.493 e. The Morgan fingerprint density at radius 1 is 1.25 bits per heavy atom. The van der Waals surface area contributed by atoms with Gasteiger partial charge < -0.3 is 4.74 Å². The predicted octanol–water partition coefficient (Wildman–Crippen LogP) is 4.43. The van der Waals surface area contributed by atoms with Gasteiger partial charge in [0.25, 0.3) is 0 Å². The molecule has 0 radical (unpaired) electrons. The molecule has 4 aliphatic rings. The van der Waals surface area contributed by atoms with E-state index < -0.39 is 6.29 Å². The Labute approximate surface area is 218 Å². The van der Waals surface area contributed by atoms with Crippen molar-refractivity contribution in [1.29, 1.82) is 0 Å². The Balaban J connectivity index is 1.18. The van der Waals surface area contributed by atoms with Gasteiger partial charge in [-0.1, -0.05) is 48.9 Å². The number of rotatable bonds is 7. The Bertz CT molecular complexity index is 1130. The van der Waals surface area contributed by atoms with Crippen LogP contribution in [-0.4, -0.2) is 60.5 Å². The standard InChI is InChI=1S/C28H35ClN6O/c1-19-7-6-8-25(29)26(19)24-17-21-18-31-28(33-27(21)35(30)20(24)2)32-22-9-11-23(12-10-22)36-16-15-34-13-4-3-5-14-34/h6-9,11-12,17-18,22,24,28,32H,2-5,10,13-16,30H2,1H3. The van der Waals surface area contributed by atoms with Crippen LogP contribution in [0.15, 0.2) is 76.1 Å². The van der Waals surface area contributed by atoms with Crippen molar-refractivity contribution in [2.75, 3.05) is 26.2 Å². The summed E-state index contributed by atoms with van der Waals surface area (Å²) in [5, 5.41) is 5.74. The molecule has 3 aliphatic heterocycles. The summed E-state index contributed by atoms with van der Waals surface area (Å²) in [4.78, 5) is 11.9. The zero-order chi connectivity index (χ0) is 25.1. The number of allylic oxidation sites excluding steroid dienone is 2. The zero-order valence-electron chi connectivity index (χ0n) is 20.9. The number of amidine groups is 1. The van der Waals surface area contributed by atoms with Gasteiger partial charge in [-0.15, -0.1) is 0 Å². The minimum atomic E-state index is -0.417. The highest BCUT2D eigenvalue weighted by molar-refractivity contribution is 6.31. The molecule has 3 heterocycles. The van der Waals surface area contributed by atoms with Crippen molar-refractivity contribution in [2.45, 2.75) is 50.9 Å². The average Bonchev–Trinajstić information content (AvgIpc) is 2.89. The van der Waals surface area contributed by atoms with Gasteiger partial charge in [0.15, 0.2) is 12.1 Å². The maximum absolute atomic E-state index is 6.53. The van der Waals surface area contributed by atoms with E-state index in [0.717, 1.165) is 47.7 Å². The molecule has 0 bridgehead atoms. The minimum absolute atomic E-state index is 0.119. The van der Waals surface area contributed by atoms with Crippen molar-refractivity contribution in [3.8, 4) is 0 Å². The molecule has 3 atom stereocenters. The molecule has 7 nitrogen and oxygen atoms in total. The van der Waals surface area contributed by atoms with E-state index in [1.54, 1.807) is 5.01 Å². The summed E-state index contributed by atoms with van der Waals surface area (Å²) in [5.74, 6) is 7.92. The summed E-state index contributed by atoms with van der Waals surface area (Å²) >= 11 is 6.53. The lowest BCUT2D eigenvalue weighted by atomic mass is 9.87. The molecule has 1 aliphatic carbocycles. The molecule has 5 rings (SSSR count). The summed E-state index contributed by atoms with van der Waals surface area (Å²) in [7, 11) is 0. The smallest absolute Gasteiger partial charge is 0.196 e. The zero-order valence-corrected chi connectivity index (χ0v) is 21.6.